The van der Waals surface area contributed by atoms with Gasteiger partial charge in [-0.3, -0.25) is 4.98 Å². The van der Waals surface area contributed by atoms with Crippen LogP contribution in [0.15, 0.2) is 30.7 Å². The summed E-state index contributed by atoms with van der Waals surface area (Å²) in [5, 5.41) is 3.12. The predicted molar refractivity (Wildman–Crippen MR) is 62.8 cm³/mol. The van der Waals surface area contributed by atoms with Gasteiger partial charge in [0.15, 0.2) is 0 Å². The molecule has 0 amide bonds. The van der Waals surface area contributed by atoms with Crippen LogP contribution >= 0.6 is 0 Å². The Labute approximate surface area is 94.8 Å². The van der Waals surface area contributed by atoms with Crippen molar-refractivity contribution in [2.45, 2.75) is 13.5 Å². The average molecular weight is 214 g/mol. The Morgan fingerprint density at radius 2 is 2.00 bits per heavy atom. The Morgan fingerprint density at radius 1 is 1.25 bits per heavy atom. The molecule has 0 spiro atoms. The van der Waals surface area contributed by atoms with Crippen molar-refractivity contribution in [1.82, 2.24) is 20.3 Å². The summed E-state index contributed by atoms with van der Waals surface area (Å²) in [4.78, 5) is 12.7. The van der Waals surface area contributed by atoms with Crippen molar-refractivity contribution >= 4 is 0 Å². The van der Waals surface area contributed by atoms with E-state index in [-0.39, 0.29) is 0 Å². The highest BCUT2D eigenvalue weighted by Crippen LogP contribution is 2.20. The molecular formula is C12H14N4. The lowest BCUT2D eigenvalue weighted by Crippen LogP contribution is -2.09. The van der Waals surface area contributed by atoms with E-state index in [4.69, 9.17) is 0 Å². The molecule has 0 saturated heterocycles. The molecule has 4 heteroatoms. The number of nitrogens with one attached hydrogen (secondary N) is 1. The average Bonchev–Trinajstić information content (AvgIpc) is 2.31. The zero-order chi connectivity index (χ0) is 11.4. The lowest BCUT2D eigenvalue weighted by atomic mass is 10.1. The number of hydrogen-bond donors (Lipinski definition) is 1. The van der Waals surface area contributed by atoms with Gasteiger partial charge in [-0.05, 0) is 31.7 Å². The third-order valence-corrected chi connectivity index (χ3v) is 2.32. The molecule has 2 rings (SSSR count). The fourth-order valence-electron chi connectivity index (χ4n) is 1.59. The summed E-state index contributed by atoms with van der Waals surface area (Å²) < 4.78 is 0. The highest BCUT2D eigenvalue weighted by atomic mass is 14.9. The van der Waals surface area contributed by atoms with E-state index in [0.717, 1.165) is 29.2 Å². The van der Waals surface area contributed by atoms with Crippen LogP contribution in [0.25, 0.3) is 11.1 Å². The van der Waals surface area contributed by atoms with Crippen LogP contribution in [0, 0.1) is 6.92 Å². The summed E-state index contributed by atoms with van der Waals surface area (Å²) in [7, 11) is 1.91. The van der Waals surface area contributed by atoms with Crippen molar-refractivity contribution in [3.63, 3.8) is 0 Å². The molecule has 2 aromatic rings. The van der Waals surface area contributed by atoms with Crippen LogP contribution in [0.3, 0.4) is 0 Å². The fourth-order valence-corrected chi connectivity index (χ4v) is 1.59. The number of pyridine rings is 1. The van der Waals surface area contributed by atoms with Gasteiger partial charge >= 0.3 is 0 Å². The second-order valence-corrected chi connectivity index (χ2v) is 3.54. The Bertz CT molecular complexity index is 468. The van der Waals surface area contributed by atoms with Crippen LogP contribution in [-0.2, 0) is 6.54 Å². The molecule has 0 aliphatic heterocycles. The molecule has 0 aliphatic carbocycles. The fraction of sp³-hybridized carbons (Fsp3) is 0.250. The summed E-state index contributed by atoms with van der Waals surface area (Å²) in [6.07, 6.45) is 5.42. The second-order valence-electron chi connectivity index (χ2n) is 3.54. The minimum Gasteiger partial charge on any atom is -0.314 e. The van der Waals surface area contributed by atoms with Crippen molar-refractivity contribution in [2.24, 2.45) is 0 Å². The molecule has 0 unspecified atom stereocenters. The Hall–Kier alpha value is -1.81. The van der Waals surface area contributed by atoms with E-state index in [0.29, 0.717) is 0 Å². The first-order chi connectivity index (χ1) is 7.81. The number of hydrogen-bond acceptors (Lipinski definition) is 4. The predicted octanol–water partition coefficient (Wildman–Crippen LogP) is 1.57. The van der Waals surface area contributed by atoms with Crippen molar-refractivity contribution < 1.29 is 0 Å². The number of aromatic nitrogens is 3. The number of aryl methyl sites for hydroxylation is 1. The zero-order valence-electron chi connectivity index (χ0n) is 9.44. The van der Waals surface area contributed by atoms with E-state index in [2.05, 4.69) is 20.3 Å². The summed E-state index contributed by atoms with van der Waals surface area (Å²) >= 11 is 0. The van der Waals surface area contributed by atoms with Gasteiger partial charge in [0.1, 0.15) is 5.82 Å². The molecule has 0 aromatic carbocycles. The van der Waals surface area contributed by atoms with Gasteiger partial charge < -0.3 is 5.32 Å². The first kappa shape index (κ1) is 10.7. The van der Waals surface area contributed by atoms with Gasteiger partial charge in [-0.25, -0.2) is 9.97 Å². The molecule has 0 radical (unpaired) electrons. The summed E-state index contributed by atoms with van der Waals surface area (Å²) in [5.74, 6) is 0.794. The van der Waals surface area contributed by atoms with Crippen LogP contribution < -0.4 is 5.32 Å². The topological polar surface area (TPSA) is 50.7 Å². The summed E-state index contributed by atoms with van der Waals surface area (Å²) in [5.41, 5.74) is 3.17. The van der Waals surface area contributed by atoms with Crippen LogP contribution in [0.4, 0.5) is 0 Å². The zero-order valence-corrected chi connectivity index (χ0v) is 9.44. The third kappa shape index (κ3) is 2.23. The van der Waals surface area contributed by atoms with Gasteiger partial charge in [0.25, 0.3) is 0 Å². The molecule has 16 heavy (non-hydrogen) atoms. The maximum absolute atomic E-state index is 4.45. The highest BCUT2D eigenvalue weighted by Gasteiger charge is 2.06. The molecule has 0 aliphatic rings. The first-order valence-electron chi connectivity index (χ1n) is 5.19. The van der Waals surface area contributed by atoms with Crippen molar-refractivity contribution in [3.8, 4) is 11.1 Å². The monoisotopic (exact) mass is 214 g/mol. The van der Waals surface area contributed by atoms with Gasteiger partial charge in [-0.1, -0.05) is 0 Å². The van der Waals surface area contributed by atoms with Crippen molar-refractivity contribution in [3.05, 3.63) is 42.2 Å². The van der Waals surface area contributed by atoms with E-state index in [1.807, 2.05) is 32.3 Å². The van der Waals surface area contributed by atoms with E-state index < -0.39 is 0 Å². The molecular weight excluding hydrogens is 200 g/mol. The normalized spacial score (nSPS) is 10.4. The summed E-state index contributed by atoms with van der Waals surface area (Å²) in [6.45, 7) is 2.64. The number of nitrogens with zero attached hydrogens (tertiary/aromatic N) is 3. The van der Waals surface area contributed by atoms with Crippen molar-refractivity contribution in [2.75, 3.05) is 7.05 Å². The lowest BCUT2D eigenvalue weighted by molar-refractivity contribution is 0.781. The molecule has 82 valence electrons. The van der Waals surface area contributed by atoms with E-state index in [1.54, 1.807) is 12.4 Å². The van der Waals surface area contributed by atoms with E-state index in [1.165, 1.54) is 0 Å². The molecule has 0 fully saturated rings. The molecule has 0 bridgehead atoms. The minimum absolute atomic E-state index is 0.737. The largest absolute Gasteiger partial charge is 0.314 e. The third-order valence-electron chi connectivity index (χ3n) is 2.32. The van der Waals surface area contributed by atoms with Crippen molar-refractivity contribution in [1.29, 1.82) is 0 Å². The number of rotatable bonds is 3. The Kier molecular flexibility index (Phi) is 3.22. The Balaban J connectivity index is 2.48. The molecule has 2 heterocycles. The highest BCUT2D eigenvalue weighted by molar-refractivity contribution is 5.64. The summed E-state index contributed by atoms with van der Waals surface area (Å²) in [6, 6.07) is 3.93. The quantitative estimate of drug-likeness (QED) is 0.842. The van der Waals surface area contributed by atoms with Crippen LogP contribution in [0.2, 0.25) is 0 Å². The standard InChI is InChI=1S/C12H14N4/c1-9-15-7-11(12(16-9)8-13-2)10-3-5-14-6-4-10/h3-7,13H,8H2,1-2H3. The van der Waals surface area contributed by atoms with Gasteiger partial charge in [0.05, 0.1) is 5.69 Å². The lowest BCUT2D eigenvalue weighted by Gasteiger charge is -2.08. The maximum Gasteiger partial charge on any atom is 0.125 e. The smallest absolute Gasteiger partial charge is 0.125 e. The van der Waals surface area contributed by atoms with E-state index in [9.17, 15) is 0 Å². The Morgan fingerprint density at radius 3 is 2.69 bits per heavy atom. The molecule has 0 saturated carbocycles. The maximum atomic E-state index is 4.45. The van der Waals surface area contributed by atoms with Gasteiger partial charge in [0, 0.05) is 30.7 Å². The van der Waals surface area contributed by atoms with E-state index >= 15 is 0 Å². The SMILES string of the molecule is CNCc1nc(C)ncc1-c1ccncc1. The van der Waals surface area contributed by atoms with Gasteiger partial charge in [-0.2, -0.15) is 0 Å². The molecule has 2 aromatic heterocycles. The molecule has 0 atom stereocenters. The van der Waals surface area contributed by atoms with Crippen LogP contribution in [0.5, 0.6) is 0 Å². The molecule has 1 N–H and O–H groups in total. The van der Waals surface area contributed by atoms with Gasteiger partial charge in [0.2, 0.25) is 0 Å². The molecule has 4 nitrogen and oxygen atoms in total. The van der Waals surface area contributed by atoms with Gasteiger partial charge in [-0.15, -0.1) is 0 Å². The minimum atomic E-state index is 0.737. The van der Waals surface area contributed by atoms with Crippen LogP contribution in [0.1, 0.15) is 11.5 Å². The van der Waals surface area contributed by atoms with Crippen LogP contribution in [-0.4, -0.2) is 22.0 Å². The second kappa shape index (κ2) is 4.81. The first-order valence-corrected chi connectivity index (χ1v) is 5.19.